The summed E-state index contributed by atoms with van der Waals surface area (Å²) in [5.74, 6) is -0.362. The van der Waals surface area contributed by atoms with E-state index in [-0.39, 0.29) is 18.1 Å². The molecule has 144 valence electrons. The molecule has 2 aromatic carbocycles. The predicted octanol–water partition coefficient (Wildman–Crippen LogP) is 4.37. The van der Waals surface area contributed by atoms with Gasteiger partial charge in [0, 0.05) is 12.5 Å². The molecule has 0 aromatic heterocycles. The minimum absolute atomic E-state index is 0.162. The van der Waals surface area contributed by atoms with Crippen LogP contribution in [0.2, 0.25) is 0 Å². The molecule has 0 spiro atoms. The number of ether oxygens (including phenoxy) is 2. The average molecular weight is 369 g/mol. The van der Waals surface area contributed by atoms with Gasteiger partial charge in [0.1, 0.15) is 6.10 Å². The van der Waals surface area contributed by atoms with Gasteiger partial charge >= 0.3 is 12.1 Å². The van der Waals surface area contributed by atoms with Crippen LogP contribution in [0.4, 0.5) is 4.79 Å². The van der Waals surface area contributed by atoms with Crippen LogP contribution in [0, 0.1) is 0 Å². The molecule has 1 N–H and O–H groups in total. The summed E-state index contributed by atoms with van der Waals surface area (Å²) in [7, 11) is 0. The van der Waals surface area contributed by atoms with Crippen molar-refractivity contribution in [3.8, 4) is 0 Å². The topological polar surface area (TPSA) is 64.6 Å². The zero-order valence-electron chi connectivity index (χ0n) is 15.9. The zero-order chi connectivity index (χ0) is 19.5. The van der Waals surface area contributed by atoms with Crippen LogP contribution in [0.15, 0.2) is 60.7 Å². The fraction of sp³-hybridized carbons (Fsp3) is 0.364. The Kier molecular flexibility index (Phi) is 8.36. The first-order valence-electron chi connectivity index (χ1n) is 9.28. The normalized spacial score (nSPS) is 12.7. The molecule has 0 aliphatic carbocycles. The van der Waals surface area contributed by atoms with Gasteiger partial charge in [-0.15, -0.1) is 0 Å². The van der Waals surface area contributed by atoms with E-state index in [0.717, 1.165) is 12.8 Å². The number of rotatable bonds is 9. The van der Waals surface area contributed by atoms with E-state index in [9.17, 15) is 9.59 Å². The van der Waals surface area contributed by atoms with Gasteiger partial charge in [-0.1, -0.05) is 48.5 Å². The molecule has 0 fully saturated rings. The van der Waals surface area contributed by atoms with Gasteiger partial charge in [0.15, 0.2) is 0 Å². The van der Waals surface area contributed by atoms with Crippen molar-refractivity contribution in [2.45, 2.75) is 45.3 Å². The number of carbonyl (C=O) groups is 2. The van der Waals surface area contributed by atoms with Crippen molar-refractivity contribution in [1.29, 1.82) is 0 Å². The Morgan fingerprint density at radius 2 is 1.59 bits per heavy atom. The monoisotopic (exact) mass is 369 g/mol. The third kappa shape index (κ3) is 7.94. The highest BCUT2D eigenvalue weighted by Crippen LogP contribution is 2.08. The molecular weight excluding hydrogens is 342 g/mol. The number of amides is 1. The lowest BCUT2D eigenvalue weighted by Crippen LogP contribution is -2.36. The molecule has 5 heteroatoms. The summed E-state index contributed by atoms with van der Waals surface area (Å²) in [6, 6.07) is 18.8. The highest BCUT2D eigenvalue weighted by atomic mass is 16.6. The maximum absolute atomic E-state index is 12.0. The summed E-state index contributed by atoms with van der Waals surface area (Å²) in [6.45, 7) is 4.04. The number of hydrogen-bond acceptors (Lipinski definition) is 4. The van der Waals surface area contributed by atoms with E-state index in [0.29, 0.717) is 18.6 Å². The average Bonchev–Trinajstić information content (AvgIpc) is 2.66. The molecule has 0 saturated carbocycles. The first kappa shape index (κ1) is 20.5. The Morgan fingerprint density at radius 1 is 0.963 bits per heavy atom. The quantitative estimate of drug-likeness (QED) is 0.527. The van der Waals surface area contributed by atoms with Crippen LogP contribution in [-0.2, 0) is 15.9 Å². The summed E-state index contributed by atoms with van der Waals surface area (Å²) >= 11 is 0. The SMILES string of the molecule is CC(CC(C)OC(=O)c1ccccc1)NC(=O)OCCCc1ccccc1. The van der Waals surface area contributed by atoms with E-state index in [4.69, 9.17) is 9.47 Å². The molecule has 0 bridgehead atoms. The molecule has 0 radical (unpaired) electrons. The second kappa shape index (κ2) is 11.0. The second-order valence-electron chi connectivity index (χ2n) is 6.59. The van der Waals surface area contributed by atoms with Gasteiger partial charge in [0.25, 0.3) is 0 Å². The van der Waals surface area contributed by atoms with Gasteiger partial charge < -0.3 is 14.8 Å². The molecule has 2 unspecified atom stereocenters. The molecule has 0 saturated heterocycles. The Balaban J connectivity index is 1.61. The third-order valence-corrected chi connectivity index (χ3v) is 4.05. The van der Waals surface area contributed by atoms with Crippen LogP contribution in [0.25, 0.3) is 0 Å². The van der Waals surface area contributed by atoms with Crippen LogP contribution >= 0.6 is 0 Å². The summed E-state index contributed by atoms with van der Waals surface area (Å²) in [5.41, 5.74) is 1.74. The fourth-order valence-corrected chi connectivity index (χ4v) is 2.76. The Bertz CT molecular complexity index is 703. The van der Waals surface area contributed by atoms with Crippen LogP contribution in [0.5, 0.6) is 0 Å². The molecule has 2 rings (SSSR count). The van der Waals surface area contributed by atoms with Crippen molar-refractivity contribution < 1.29 is 19.1 Å². The number of aryl methyl sites for hydroxylation is 1. The molecule has 2 aromatic rings. The maximum atomic E-state index is 12.0. The molecule has 0 heterocycles. The Morgan fingerprint density at radius 3 is 2.26 bits per heavy atom. The van der Waals surface area contributed by atoms with Crippen molar-refractivity contribution in [2.24, 2.45) is 0 Å². The Labute approximate surface area is 160 Å². The number of nitrogens with one attached hydrogen (secondary N) is 1. The van der Waals surface area contributed by atoms with E-state index in [1.807, 2.05) is 38.1 Å². The van der Waals surface area contributed by atoms with E-state index in [2.05, 4.69) is 17.4 Å². The van der Waals surface area contributed by atoms with E-state index in [1.54, 1.807) is 24.3 Å². The van der Waals surface area contributed by atoms with Crippen LogP contribution in [-0.4, -0.2) is 30.8 Å². The lowest BCUT2D eigenvalue weighted by molar-refractivity contribution is 0.0307. The van der Waals surface area contributed by atoms with Gasteiger partial charge in [0.2, 0.25) is 0 Å². The number of hydrogen-bond donors (Lipinski definition) is 1. The smallest absolute Gasteiger partial charge is 0.407 e. The molecule has 0 aliphatic heterocycles. The molecule has 27 heavy (non-hydrogen) atoms. The van der Waals surface area contributed by atoms with Crippen molar-refractivity contribution in [2.75, 3.05) is 6.61 Å². The summed E-state index contributed by atoms with van der Waals surface area (Å²) in [5, 5.41) is 2.77. The zero-order valence-corrected chi connectivity index (χ0v) is 15.9. The van der Waals surface area contributed by atoms with Gasteiger partial charge in [-0.25, -0.2) is 9.59 Å². The lowest BCUT2D eigenvalue weighted by Gasteiger charge is -2.19. The summed E-state index contributed by atoms with van der Waals surface area (Å²) in [6.07, 6.45) is 1.40. The number of alkyl carbamates (subject to hydrolysis) is 1. The highest BCUT2D eigenvalue weighted by molar-refractivity contribution is 5.89. The minimum Gasteiger partial charge on any atom is -0.459 e. The predicted molar refractivity (Wildman–Crippen MR) is 105 cm³/mol. The van der Waals surface area contributed by atoms with E-state index < -0.39 is 6.09 Å². The van der Waals surface area contributed by atoms with Gasteiger partial charge in [-0.05, 0) is 44.4 Å². The fourth-order valence-electron chi connectivity index (χ4n) is 2.76. The first-order valence-corrected chi connectivity index (χ1v) is 9.28. The standard InChI is InChI=1S/C22H27NO4/c1-17(16-18(2)27-21(24)20-13-7-4-8-14-20)23-22(25)26-15-9-12-19-10-5-3-6-11-19/h3-8,10-11,13-14,17-18H,9,12,15-16H2,1-2H3,(H,23,25). The number of benzene rings is 2. The second-order valence-corrected chi connectivity index (χ2v) is 6.59. The molecule has 1 amide bonds. The highest BCUT2D eigenvalue weighted by Gasteiger charge is 2.16. The lowest BCUT2D eigenvalue weighted by atomic mass is 10.1. The minimum atomic E-state index is -0.447. The Hall–Kier alpha value is -2.82. The molecule has 0 aliphatic rings. The van der Waals surface area contributed by atoms with E-state index in [1.165, 1.54) is 5.56 Å². The third-order valence-electron chi connectivity index (χ3n) is 4.05. The van der Waals surface area contributed by atoms with Crippen molar-refractivity contribution >= 4 is 12.1 Å². The van der Waals surface area contributed by atoms with Gasteiger partial charge in [-0.3, -0.25) is 0 Å². The van der Waals surface area contributed by atoms with Crippen molar-refractivity contribution in [3.05, 3.63) is 71.8 Å². The molecule has 2 atom stereocenters. The van der Waals surface area contributed by atoms with Crippen LogP contribution in [0.3, 0.4) is 0 Å². The maximum Gasteiger partial charge on any atom is 0.407 e. The van der Waals surface area contributed by atoms with Crippen molar-refractivity contribution in [1.82, 2.24) is 5.32 Å². The van der Waals surface area contributed by atoms with Gasteiger partial charge in [0.05, 0.1) is 12.2 Å². The molecule has 5 nitrogen and oxygen atoms in total. The van der Waals surface area contributed by atoms with Crippen molar-refractivity contribution in [3.63, 3.8) is 0 Å². The largest absolute Gasteiger partial charge is 0.459 e. The first-order chi connectivity index (χ1) is 13.0. The van der Waals surface area contributed by atoms with Gasteiger partial charge in [-0.2, -0.15) is 0 Å². The van der Waals surface area contributed by atoms with E-state index >= 15 is 0 Å². The number of esters is 1. The summed E-state index contributed by atoms with van der Waals surface area (Å²) in [4.78, 5) is 23.9. The summed E-state index contributed by atoms with van der Waals surface area (Å²) < 4.78 is 10.6. The van der Waals surface area contributed by atoms with Crippen LogP contribution in [0.1, 0.15) is 42.6 Å². The van der Waals surface area contributed by atoms with Crippen LogP contribution < -0.4 is 5.32 Å². The molecular formula is C22H27NO4. The number of carbonyl (C=O) groups excluding carboxylic acids is 2.